The number of halogens is 1. The number of nitrogens with zero attached hydrogens (tertiary/aromatic N) is 1. The smallest absolute Gasteiger partial charge is 0.337 e. The van der Waals surface area contributed by atoms with Gasteiger partial charge in [0.15, 0.2) is 5.60 Å². The lowest BCUT2D eigenvalue weighted by Crippen LogP contribution is -2.45. The number of hydrogen-bond donors (Lipinski definition) is 2. The first-order valence-electron chi connectivity index (χ1n) is 4.75. The number of anilines is 1. The van der Waals surface area contributed by atoms with Gasteiger partial charge in [0.2, 0.25) is 0 Å². The molecular formula is C11H14ClNO3. The van der Waals surface area contributed by atoms with Crippen LogP contribution in [0, 0.1) is 0 Å². The van der Waals surface area contributed by atoms with Crippen molar-refractivity contribution in [3.8, 4) is 0 Å². The zero-order valence-electron chi connectivity index (χ0n) is 9.14. The van der Waals surface area contributed by atoms with Crippen LogP contribution in [-0.4, -0.2) is 35.4 Å². The third-order valence-electron chi connectivity index (χ3n) is 2.27. The van der Waals surface area contributed by atoms with Crippen molar-refractivity contribution in [3.05, 3.63) is 29.3 Å². The Balaban J connectivity index is 2.76. The fourth-order valence-electron chi connectivity index (χ4n) is 1.32. The lowest BCUT2D eigenvalue weighted by atomic mass is 10.1. The molecule has 5 heteroatoms. The molecule has 16 heavy (non-hydrogen) atoms. The van der Waals surface area contributed by atoms with E-state index in [0.29, 0.717) is 5.02 Å². The van der Waals surface area contributed by atoms with Crippen LogP contribution in [0.15, 0.2) is 24.3 Å². The van der Waals surface area contributed by atoms with Gasteiger partial charge in [-0.2, -0.15) is 0 Å². The Morgan fingerprint density at radius 3 is 2.38 bits per heavy atom. The van der Waals surface area contributed by atoms with Crippen LogP contribution >= 0.6 is 11.6 Å². The van der Waals surface area contributed by atoms with Crippen LogP contribution in [-0.2, 0) is 4.79 Å². The molecule has 0 aliphatic carbocycles. The maximum Gasteiger partial charge on any atom is 0.337 e. The van der Waals surface area contributed by atoms with Gasteiger partial charge in [0, 0.05) is 17.8 Å². The Morgan fingerprint density at radius 1 is 1.44 bits per heavy atom. The van der Waals surface area contributed by atoms with Crippen LogP contribution in [0.25, 0.3) is 0 Å². The van der Waals surface area contributed by atoms with Crippen LogP contribution in [0.4, 0.5) is 5.69 Å². The third kappa shape index (κ3) is 3.12. The number of carboxylic acid groups (broad SMARTS) is 1. The lowest BCUT2D eigenvalue weighted by molar-refractivity contribution is -0.155. The van der Waals surface area contributed by atoms with Gasteiger partial charge in [-0.15, -0.1) is 0 Å². The first-order chi connectivity index (χ1) is 7.33. The highest BCUT2D eigenvalue weighted by Gasteiger charge is 2.31. The second-order valence-electron chi connectivity index (χ2n) is 3.91. The van der Waals surface area contributed by atoms with Crippen LogP contribution in [0.2, 0.25) is 5.02 Å². The summed E-state index contributed by atoms with van der Waals surface area (Å²) in [6.07, 6.45) is 0. The standard InChI is InChI=1S/C11H14ClNO3/c1-11(16,10(14)15)7-13(2)9-5-3-8(12)4-6-9/h3-6,16H,7H2,1-2H3,(H,14,15). The first kappa shape index (κ1) is 12.8. The molecule has 0 saturated heterocycles. The summed E-state index contributed by atoms with van der Waals surface area (Å²) in [7, 11) is 1.71. The van der Waals surface area contributed by atoms with Crippen LogP contribution in [0.1, 0.15) is 6.92 Å². The molecule has 1 rings (SSSR count). The van der Waals surface area contributed by atoms with Gasteiger partial charge >= 0.3 is 5.97 Å². The minimum Gasteiger partial charge on any atom is -0.479 e. The minimum absolute atomic E-state index is 0.00393. The highest BCUT2D eigenvalue weighted by molar-refractivity contribution is 6.30. The normalized spacial score (nSPS) is 14.2. The topological polar surface area (TPSA) is 60.8 Å². The molecule has 0 amide bonds. The molecule has 2 N–H and O–H groups in total. The monoisotopic (exact) mass is 243 g/mol. The number of aliphatic hydroxyl groups is 1. The van der Waals surface area contributed by atoms with Crippen molar-refractivity contribution in [1.29, 1.82) is 0 Å². The summed E-state index contributed by atoms with van der Waals surface area (Å²) >= 11 is 5.74. The Bertz CT molecular complexity index is 375. The van der Waals surface area contributed by atoms with Gasteiger partial charge in [-0.05, 0) is 31.2 Å². The van der Waals surface area contributed by atoms with Crippen molar-refractivity contribution in [2.24, 2.45) is 0 Å². The molecule has 0 fully saturated rings. The van der Waals surface area contributed by atoms with Crippen molar-refractivity contribution >= 4 is 23.3 Å². The summed E-state index contributed by atoms with van der Waals surface area (Å²) in [5, 5.41) is 19.0. The molecule has 1 aromatic carbocycles. The van der Waals surface area contributed by atoms with Gasteiger partial charge in [-0.25, -0.2) is 4.79 Å². The van der Waals surface area contributed by atoms with E-state index in [1.807, 2.05) is 0 Å². The van der Waals surface area contributed by atoms with Gasteiger partial charge in [-0.3, -0.25) is 0 Å². The van der Waals surface area contributed by atoms with Crippen molar-refractivity contribution in [2.75, 3.05) is 18.5 Å². The van der Waals surface area contributed by atoms with Crippen molar-refractivity contribution < 1.29 is 15.0 Å². The number of aliphatic carboxylic acids is 1. The van der Waals surface area contributed by atoms with Crippen LogP contribution in [0.3, 0.4) is 0 Å². The zero-order chi connectivity index (χ0) is 12.3. The molecule has 0 radical (unpaired) electrons. The third-order valence-corrected chi connectivity index (χ3v) is 2.53. The number of hydrogen-bond acceptors (Lipinski definition) is 3. The SMILES string of the molecule is CN(CC(C)(O)C(=O)O)c1ccc(Cl)cc1. The summed E-state index contributed by atoms with van der Waals surface area (Å²) in [6.45, 7) is 1.27. The summed E-state index contributed by atoms with van der Waals surface area (Å²) in [6, 6.07) is 6.95. The van der Waals surface area contributed by atoms with E-state index in [-0.39, 0.29) is 6.54 Å². The molecular weight excluding hydrogens is 230 g/mol. The van der Waals surface area contributed by atoms with Crippen molar-refractivity contribution in [2.45, 2.75) is 12.5 Å². The predicted molar refractivity (Wildman–Crippen MR) is 63.0 cm³/mol. The van der Waals surface area contributed by atoms with E-state index in [1.165, 1.54) is 6.92 Å². The van der Waals surface area contributed by atoms with E-state index >= 15 is 0 Å². The van der Waals surface area contributed by atoms with E-state index < -0.39 is 11.6 Å². The van der Waals surface area contributed by atoms with E-state index in [1.54, 1.807) is 36.2 Å². The molecule has 1 unspecified atom stereocenters. The summed E-state index contributed by atoms with van der Waals surface area (Å²) in [4.78, 5) is 12.4. The van der Waals surface area contributed by atoms with Gasteiger partial charge in [-0.1, -0.05) is 11.6 Å². The van der Waals surface area contributed by atoms with Gasteiger partial charge in [0.05, 0.1) is 6.54 Å². The number of benzene rings is 1. The van der Waals surface area contributed by atoms with Crippen molar-refractivity contribution in [1.82, 2.24) is 0 Å². The molecule has 1 aromatic rings. The zero-order valence-corrected chi connectivity index (χ0v) is 9.90. The molecule has 0 heterocycles. The summed E-state index contributed by atoms with van der Waals surface area (Å²) < 4.78 is 0. The Morgan fingerprint density at radius 2 is 1.94 bits per heavy atom. The molecule has 0 saturated carbocycles. The van der Waals surface area contributed by atoms with E-state index in [9.17, 15) is 9.90 Å². The summed E-state index contributed by atoms with van der Waals surface area (Å²) in [5.41, 5.74) is -0.972. The van der Waals surface area contributed by atoms with Crippen LogP contribution in [0.5, 0.6) is 0 Å². The number of rotatable bonds is 4. The van der Waals surface area contributed by atoms with Gasteiger partial charge in [0.25, 0.3) is 0 Å². The number of likely N-dealkylation sites (N-methyl/N-ethyl adjacent to an activating group) is 1. The maximum atomic E-state index is 10.7. The first-order valence-corrected chi connectivity index (χ1v) is 5.13. The Kier molecular flexibility index (Phi) is 3.78. The quantitative estimate of drug-likeness (QED) is 0.844. The fraction of sp³-hybridized carbons (Fsp3) is 0.364. The minimum atomic E-state index is -1.77. The molecule has 4 nitrogen and oxygen atoms in total. The molecule has 0 aliphatic heterocycles. The largest absolute Gasteiger partial charge is 0.479 e. The molecule has 0 aromatic heterocycles. The molecule has 1 atom stereocenters. The molecule has 0 bridgehead atoms. The Hall–Kier alpha value is -1.26. The van der Waals surface area contributed by atoms with Gasteiger partial charge < -0.3 is 15.1 Å². The van der Waals surface area contributed by atoms with Gasteiger partial charge in [0.1, 0.15) is 0 Å². The lowest BCUT2D eigenvalue weighted by Gasteiger charge is -2.27. The van der Waals surface area contributed by atoms with Crippen molar-refractivity contribution in [3.63, 3.8) is 0 Å². The number of carbonyl (C=O) groups is 1. The molecule has 0 spiro atoms. The highest BCUT2D eigenvalue weighted by atomic mass is 35.5. The van der Waals surface area contributed by atoms with E-state index in [2.05, 4.69) is 0 Å². The average molecular weight is 244 g/mol. The molecule has 0 aliphatic rings. The average Bonchev–Trinajstić information content (AvgIpc) is 2.17. The second kappa shape index (κ2) is 4.72. The predicted octanol–water partition coefficient (Wildman–Crippen LogP) is 1.61. The Labute approximate surface area is 99.1 Å². The fourth-order valence-corrected chi connectivity index (χ4v) is 1.44. The molecule has 88 valence electrons. The summed E-state index contributed by atoms with van der Waals surface area (Å²) in [5.74, 6) is -1.24. The maximum absolute atomic E-state index is 10.7. The van der Waals surface area contributed by atoms with Crippen LogP contribution < -0.4 is 4.90 Å². The highest BCUT2D eigenvalue weighted by Crippen LogP contribution is 2.18. The number of carboxylic acids is 1. The van der Waals surface area contributed by atoms with E-state index in [0.717, 1.165) is 5.69 Å². The van der Waals surface area contributed by atoms with E-state index in [4.69, 9.17) is 16.7 Å². The second-order valence-corrected chi connectivity index (χ2v) is 4.35.